The molecule has 30 heavy (non-hydrogen) atoms. The summed E-state index contributed by atoms with van der Waals surface area (Å²) >= 11 is 0. The predicted octanol–water partition coefficient (Wildman–Crippen LogP) is 3.66. The number of nitrogens with zero attached hydrogens (tertiary/aromatic N) is 2. The van der Waals surface area contributed by atoms with Crippen LogP contribution < -0.4 is 0 Å². The van der Waals surface area contributed by atoms with Gasteiger partial charge in [-0.15, -0.1) is 0 Å². The van der Waals surface area contributed by atoms with Gasteiger partial charge in [-0.05, 0) is 32.4 Å². The summed E-state index contributed by atoms with van der Waals surface area (Å²) in [5.74, 6) is -1.51. The van der Waals surface area contributed by atoms with Crippen molar-refractivity contribution in [3.8, 4) is 11.3 Å². The zero-order valence-corrected chi connectivity index (χ0v) is 18.7. The Labute approximate surface area is 176 Å². The molecule has 0 unspecified atom stereocenters. The van der Waals surface area contributed by atoms with E-state index in [1.54, 1.807) is 20.8 Å². The number of hydrogen-bond donors (Lipinski definition) is 1. The molecule has 8 heteroatoms. The largest absolute Gasteiger partial charge is 0.459 e. The number of carbonyl (C=O) groups excluding carboxylic acids is 1. The molecule has 3 aromatic rings. The quantitative estimate of drug-likeness (QED) is 0.600. The van der Waals surface area contributed by atoms with E-state index in [0.29, 0.717) is 0 Å². The Hall–Kier alpha value is -2.74. The number of ether oxygens (including phenoxy) is 1. The lowest BCUT2D eigenvalue weighted by Gasteiger charge is -2.26. The number of fused-ring (bicyclic) bond motifs is 1. The SMILES string of the molecule is CC(C)(C)OC(=O)CS(=O)(=O)CC(C)(C)c1ccc(-c2ncnc3[nH]ccc23)cc1. The summed E-state index contributed by atoms with van der Waals surface area (Å²) in [5.41, 5.74) is 1.95. The molecule has 0 saturated heterocycles. The lowest BCUT2D eigenvalue weighted by atomic mass is 9.86. The number of rotatable bonds is 6. The highest BCUT2D eigenvalue weighted by atomic mass is 32.2. The number of esters is 1. The number of benzene rings is 1. The second kappa shape index (κ2) is 7.83. The third-order valence-corrected chi connectivity index (χ3v) is 6.47. The molecule has 0 saturated carbocycles. The third-order valence-electron chi connectivity index (χ3n) is 4.63. The van der Waals surface area contributed by atoms with Gasteiger partial charge in [-0.3, -0.25) is 4.79 Å². The van der Waals surface area contributed by atoms with Gasteiger partial charge < -0.3 is 9.72 Å². The van der Waals surface area contributed by atoms with Gasteiger partial charge in [0.05, 0.1) is 11.4 Å². The van der Waals surface area contributed by atoms with E-state index in [9.17, 15) is 13.2 Å². The molecule has 7 nitrogen and oxygen atoms in total. The van der Waals surface area contributed by atoms with Gasteiger partial charge in [-0.2, -0.15) is 0 Å². The Bertz CT molecular complexity index is 1160. The standard InChI is InChI=1S/C22H27N3O4S/c1-21(2,3)29-18(26)12-30(27,28)13-22(4,5)16-8-6-15(7-9-16)19-17-10-11-23-20(17)25-14-24-19/h6-11,14H,12-13H2,1-5H3,(H,23,24,25). The van der Waals surface area contributed by atoms with E-state index in [1.807, 2.05) is 50.4 Å². The number of H-pyrrole nitrogens is 1. The van der Waals surface area contributed by atoms with Gasteiger partial charge in [0.2, 0.25) is 0 Å². The first-order chi connectivity index (χ1) is 13.9. The molecule has 0 spiro atoms. The summed E-state index contributed by atoms with van der Waals surface area (Å²) in [6.45, 7) is 8.83. The van der Waals surface area contributed by atoms with Crippen LogP contribution in [0.2, 0.25) is 0 Å². The average Bonchev–Trinajstić information content (AvgIpc) is 3.07. The Morgan fingerprint density at radius 3 is 2.33 bits per heavy atom. The van der Waals surface area contributed by atoms with Crippen molar-refractivity contribution >= 4 is 26.8 Å². The number of aromatic amines is 1. The van der Waals surface area contributed by atoms with Crippen molar-refractivity contribution in [2.24, 2.45) is 0 Å². The fraction of sp³-hybridized carbons (Fsp3) is 0.409. The van der Waals surface area contributed by atoms with Crippen LogP contribution in [0.3, 0.4) is 0 Å². The minimum Gasteiger partial charge on any atom is -0.459 e. The first-order valence-electron chi connectivity index (χ1n) is 9.68. The molecule has 0 aliphatic carbocycles. The second-order valence-electron chi connectivity index (χ2n) is 9.04. The topological polar surface area (TPSA) is 102 Å². The van der Waals surface area contributed by atoms with E-state index in [1.165, 1.54) is 6.33 Å². The molecular weight excluding hydrogens is 402 g/mol. The Morgan fingerprint density at radius 1 is 1.03 bits per heavy atom. The normalized spacial score (nSPS) is 12.8. The van der Waals surface area contributed by atoms with Gasteiger partial charge in [0.25, 0.3) is 0 Å². The van der Waals surface area contributed by atoms with Crippen LogP contribution >= 0.6 is 0 Å². The molecule has 3 rings (SSSR count). The summed E-state index contributed by atoms with van der Waals surface area (Å²) in [4.78, 5) is 23.6. The van der Waals surface area contributed by atoms with Crippen LogP contribution in [0.4, 0.5) is 0 Å². The molecule has 1 N–H and O–H groups in total. The maximum absolute atomic E-state index is 12.6. The highest BCUT2D eigenvalue weighted by Crippen LogP contribution is 2.30. The lowest BCUT2D eigenvalue weighted by molar-refractivity contribution is -0.151. The predicted molar refractivity (Wildman–Crippen MR) is 117 cm³/mol. The van der Waals surface area contributed by atoms with E-state index in [2.05, 4.69) is 15.0 Å². The van der Waals surface area contributed by atoms with Crippen molar-refractivity contribution in [3.63, 3.8) is 0 Å². The highest BCUT2D eigenvalue weighted by molar-refractivity contribution is 7.92. The van der Waals surface area contributed by atoms with Crippen molar-refractivity contribution in [3.05, 3.63) is 48.4 Å². The lowest BCUT2D eigenvalue weighted by Crippen LogP contribution is -2.34. The fourth-order valence-electron chi connectivity index (χ4n) is 3.42. The summed E-state index contributed by atoms with van der Waals surface area (Å²) in [5, 5.41) is 0.921. The van der Waals surface area contributed by atoms with E-state index < -0.39 is 32.6 Å². The van der Waals surface area contributed by atoms with Crippen LogP contribution in [0.25, 0.3) is 22.3 Å². The van der Waals surface area contributed by atoms with Crippen molar-refractivity contribution < 1.29 is 17.9 Å². The van der Waals surface area contributed by atoms with Crippen LogP contribution in [0.15, 0.2) is 42.9 Å². The summed E-state index contributed by atoms with van der Waals surface area (Å²) in [7, 11) is -3.64. The molecule has 160 valence electrons. The number of hydrogen-bond acceptors (Lipinski definition) is 6. The van der Waals surface area contributed by atoms with Crippen LogP contribution in [-0.4, -0.2) is 46.4 Å². The monoisotopic (exact) mass is 429 g/mol. The average molecular weight is 430 g/mol. The smallest absolute Gasteiger partial charge is 0.321 e. The zero-order chi connectivity index (χ0) is 22.2. The molecule has 2 heterocycles. The van der Waals surface area contributed by atoms with Gasteiger partial charge in [0, 0.05) is 22.6 Å². The van der Waals surface area contributed by atoms with Gasteiger partial charge in [0.1, 0.15) is 23.3 Å². The van der Waals surface area contributed by atoms with Crippen molar-refractivity contribution in [2.75, 3.05) is 11.5 Å². The van der Waals surface area contributed by atoms with Crippen molar-refractivity contribution in [1.29, 1.82) is 0 Å². The molecule has 0 aliphatic heterocycles. The number of aromatic nitrogens is 3. The highest BCUT2D eigenvalue weighted by Gasteiger charge is 2.31. The van der Waals surface area contributed by atoms with E-state index in [0.717, 1.165) is 27.9 Å². The number of sulfone groups is 1. The van der Waals surface area contributed by atoms with Gasteiger partial charge in [-0.25, -0.2) is 18.4 Å². The van der Waals surface area contributed by atoms with Crippen molar-refractivity contribution in [2.45, 2.75) is 45.6 Å². The molecule has 0 fully saturated rings. The third kappa shape index (κ3) is 5.24. The molecule has 0 aliphatic rings. The van der Waals surface area contributed by atoms with Crippen LogP contribution in [0.1, 0.15) is 40.2 Å². The Morgan fingerprint density at radius 2 is 1.70 bits per heavy atom. The summed E-state index contributed by atoms with van der Waals surface area (Å²) < 4.78 is 30.4. The van der Waals surface area contributed by atoms with Gasteiger partial charge >= 0.3 is 5.97 Å². The maximum Gasteiger partial charge on any atom is 0.321 e. The number of nitrogens with one attached hydrogen (secondary N) is 1. The van der Waals surface area contributed by atoms with Crippen LogP contribution in [0, 0.1) is 0 Å². The van der Waals surface area contributed by atoms with Crippen molar-refractivity contribution in [1.82, 2.24) is 15.0 Å². The minimum atomic E-state index is -3.64. The molecule has 0 amide bonds. The Balaban J connectivity index is 1.78. The van der Waals surface area contributed by atoms with E-state index >= 15 is 0 Å². The summed E-state index contributed by atoms with van der Waals surface area (Å²) in [6, 6.07) is 9.57. The molecule has 2 aromatic heterocycles. The minimum absolute atomic E-state index is 0.159. The van der Waals surface area contributed by atoms with Gasteiger partial charge in [0.15, 0.2) is 9.84 Å². The molecule has 0 atom stereocenters. The molecule has 0 bridgehead atoms. The summed E-state index contributed by atoms with van der Waals surface area (Å²) in [6.07, 6.45) is 3.32. The second-order valence-corrected chi connectivity index (χ2v) is 11.1. The van der Waals surface area contributed by atoms with Gasteiger partial charge in [-0.1, -0.05) is 38.1 Å². The maximum atomic E-state index is 12.6. The van der Waals surface area contributed by atoms with E-state index in [4.69, 9.17) is 4.74 Å². The first kappa shape index (κ1) is 22.0. The van der Waals surface area contributed by atoms with E-state index in [-0.39, 0.29) is 5.75 Å². The molecule has 0 radical (unpaired) electrons. The zero-order valence-electron chi connectivity index (χ0n) is 17.9. The molecule has 1 aromatic carbocycles. The van der Waals surface area contributed by atoms with Crippen LogP contribution in [0.5, 0.6) is 0 Å². The van der Waals surface area contributed by atoms with Crippen LogP contribution in [-0.2, 0) is 24.8 Å². The Kier molecular flexibility index (Phi) is 5.73. The number of carbonyl (C=O) groups is 1. The molecular formula is C22H27N3O4S. The fourth-order valence-corrected chi connectivity index (χ4v) is 5.20. The first-order valence-corrected chi connectivity index (χ1v) is 11.5.